The Labute approximate surface area is 125 Å². The van der Waals surface area contributed by atoms with Crippen LogP contribution in [0.4, 0.5) is 5.69 Å². The topological polar surface area (TPSA) is 72.7 Å². The van der Waals surface area contributed by atoms with E-state index < -0.39 is 0 Å². The van der Waals surface area contributed by atoms with Gasteiger partial charge in [-0.25, -0.2) is 14.6 Å². The second-order valence-corrected chi connectivity index (χ2v) is 4.54. The molecule has 3 aromatic rings. The molecule has 0 fully saturated rings. The SMILES string of the molecule is O=C(Nc1ccc(-n2cncn2)cc1)c1cccnc1Cl. The Balaban J connectivity index is 1.77. The van der Waals surface area contributed by atoms with Crippen molar-refractivity contribution < 1.29 is 4.79 Å². The number of aromatic nitrogens is 4. The van der Waals surface area contributed by atoms with Crippen LogP contribution < -0.4 is 5.32 Å². The number of anilines is 1. The Morgan fingerprint density at radius 1 is 1.19 bits per heavy atom. The summed E-state index contributed by atoms with van der Waals surface area (Å²) in [6.07, 6.45) is 4.59. The number of carbonyl (C=O) groups excluding carboxylic acids is 1. The maximum atomic E-state index is 12.1. The molecule has 0 unspecified atom stereocenters. The van der Waals surface area contributed by atoms with E-state index in [9.17, 15) is 4.79 Å². The third kappa shape index (κ3) is 2.90. The van der Waals surface area contributed by atoms with E-state index in [0.717, 1.165) is 5.69 Å². The fraction of sp³-hybridized carbons (Fsp3) is 0. The van der Waals surface area contributed by atoms with E-state index >= 15 is 0 Å². The maximum absolute atomic E-state index is 12.1. The van der Waals surface area contributed by atoms with Crippen LogP contribution >= 0.6 is 11.6 Å². The molecule has 2 aromatic heterocycles. The van der Waals surface area contributed by atoms with Crippen molar-refractivity contribution in [3.05, 3.63) is 66.0 Å². The standard InChI is InChI=1S/C14H10ClN5O/c15-13-12(2-1-7-17-13)14(21)19-10-3-5-11(6-4-10)20-9-16-8-18-20/h1-9H,(H,19,21). The van der Waals surface area contributed by atoms with Crippen LogP contribution in [0.2, 0.25) is 5.15 Å². The van der Waals surface area contributed by atoms with Crippen LogP contribution in [0.3, 0.4) is 0 Å². The monoisotopic (exact) mass is 299 g/mol. The van der Waals surface area contributed by atoms with E-state index in [1.807, 2.05) is 12.1 Å². The number of amides is 1. The average molecular weight is 300 g/mol. The van der Waals surface area contributed by atoms with Gasteiger partial charge in [-0.05, 0) is 36.4 Å². The number of rotatable bonds is 3. The molecule has 0 spiro atoms. The summed E-state index contributed by atoms with van der Waals surface area (Å²) in [5.41, 5.74) is 1.84. The van der Waals surface area contributed by atoms with E-state index in [4.69, 9.17) is 11.6 Å². The second-order valence-electron chi connectivity index (χ2n) is 4.18. The van der Waals surface area contributed by atoms with Crippen molar-refractivity contribution in [3.63, 3.8) is 0 Å². The second kappa shape index (κ2) is 5.72. The zero-order valence-electron chi connectivity index (χ0n) is 10.8. The van der Waals surface area contributed by atoms with Gasteiger partial charge in [0.25, 0.3) is 5.91 Å². The van der Waals surface area contributed by atoms with Crippen molar-refractivity contribution in [2.75, 3.05) is 5.32 Å². The van der Waals surface area contributed by atoms with Gasteiger partial charge in [0, 0.05) is 11.9 Å². The first kappa shape index (κ1) is 13.3. The normalized spacial score (nSPS) is 10.3. The number of nitrogens with one attached hydrogen (secondary N) is 1. The summed E-state index contributed by atoms with van der Waals surface area (Å²) >= 11 is 5.89. The first-order chi connectivity index (χ1) is 10.2. The molecular formula is C14H10ClN5O. The van der Waals surface area contributed by atoms with E-state index in [2.05, 4.69) is 20.4 Å². The third-order valence-electron chi connectivity index (χ3n) is 2.81. The van der Waals surface area contributed by atoms with Crippen molar-refractivity contribution in [3.8, 4) is 5.69 Å². The molecule has 0 aliphatic rings. The highest BCUT2D eigenvalue weighted by Gasteiger charge is 2.10. The highest BCUT2D eigenvalue weighted by Crippen LogP contribution is 2.16. The smallest absolute Gasteiger partial charge is 0.258 e. The fourth-order valence-electron chi connectivity index (χ4n) is 1.79. The predicted molar refractivity (Wildman–Crippen MR) is 78.6 cm³/mol. The number of halogens is 1. The fourth-order valence-corrected chi connectivity index (χ4v) is 2.00. The van der Waals surface area contributed by atoms with E-state index in [-0.39, 0.29) is 11.1 Å². The highest BCUT2D eigenvalue weighted by molar-refractivity contribution is 6.33. The Morgan fingerprint density at radius 2 is 2.00 bits per heavy atom. The number of hydrogen-bond donors (Lipinski definition) is 1. The highest BCUT2D eigenvalue weighted by atomic mass is 35.5. The van der Waals surface area contributed by atoms with Crippen LogP contribution in [0.5, 0.6) is 0 Å². The lowest BCUT2D eigenvalue weighted by Crippen LogP contribution is -2.12. The van der Waals surface area contributed by atoms with Crippen molar-refractivity contribution in [1.82, 2.24) is 19.7 Å². The molecule has 1 amide bonds. The van der Waals surface area contributed by atoms with Crippen molar-refractivity contribution in [2.24, 2.45) is 0 Å². The van der Waals surface area contributed by atoms with Gasteiger partial charge >= 0.3 is 0 Å². The predicted octanol–water partition coefficient (Wildman–Crippen LogP) is 2.57. The minimum atomic E-state index is -0.304. The lowest BCUT2D eigenvalue weighted by Gasteiger charge is -2.07. The Hall–Kier alpha value is -2.73. The summed E-state index contributed by atoms with van der Waals surface area (Å²) in [4.78, 5) is 19.8. The van der Waals surface area contributed by atoms with Gasteiger partial charge in [-0.2, -0.15) is 5.10 Å². The van der Waals surface area contributed by atoms with Crippen LogP contribution in [0.1, 0.15) is 10.4 Å². The van der Waals surface area contributed by atoms with Gasteiger partial charge in [0.1, 0.15) is 17.8 Å². The number of hydrogen-bond acceptors (Lipinski definition) is 4. The van der Waals surface area contributed by atoms with Crippen molar-refractivity contribution in [2.45, 2.75) is 0 Å². The zero-order chi connectivity index (χ0) is 14.7. The molecule has 3 rings (SSSR count). The Bertz CT molecular complexity index is 755. The Kier molecular flexibility index (Phi) is 3.61. The molecule has 6 nitrogen and oxygen atoms in total. The van der Waals surface area contributed by atoms with Gasteiger partial charge in [-0.1, -0.05) is 11.6 Å². The number of nitrogens with zero attached hydrogens (tertiary/aromatic N) is 4. The van der Waals surface area contributed by atoms with Gasteiger partial charge in [0.15, 0.2) is 0 Å². The molecule has 1 aromatic carbocycles. The molecule has 104 valence electrons. The molecule has 0 aliphatic heterocycles. The minimum absolute atomic E-state index is 0.175. The maximum Gasteiger partial charge on any atom is 0.258 e. The molecule has 0 atom stereocenters. The van der Waals surface area contributed by atoms with Gasteiger partial charge in [0.05, 0.1) is 11.3 Å². The summed E-state index contributed by atoms with van der Waals surface area (Å²) in [5, 5.41) is 6.97. The van der Waals surface area contributed by atoms with Gasteiger partial charge in [0.2, 0.25) is 0 Å². The van der Waals surface area contributed by atoms with Crippen LogP contribution in [0.25, 0.3) is 5.69 Å². The summed E-state index contributed by atoms with van der Waals surface area (Å²) in [6, 6.07) is 10.5. The number of pyridine rings is 1. The van der Waals surface area contributed by atoms with Gasteiger partial charge in [-0.15, -0.1) is 0 Å². The van der Waals surface area contributed by atoms with E-state index in [1.54, 1.807) is 35.3 Å². The van der Waals surface area contributed by atoms with Gasteiger partial charge < -0.3 is 5.32 Å². The van der Waals surface area contributed by atoms with Crippen molar-refractivity contribution in [1.29, 1.82) is 0 Å². The first-order valence-electron chi connectivity index (χ1n) is 6.11. The molecule has 2 heterocycles. The van der Waals surface area contributed by atoms with Crippen LogP contribution in [0, 0.1) is 0 Å². The van der Waals surface area contributed by atoms with Crippen molar-refractivity contribution >= 4 is 23.2 Å². The van der Waals surface area contributed by atoms with Gasteiger partial charge in [-0.3, -0.25) is 4.79 Å². The molecule has 21 heavy (non-hydrogen) atoms. The summed E-state index contributed by atoms with van der Waals surface area (Å²) in [7, 11) is 0. The number of carbonyl (C=O) groups is 1. The molecule has 0 saturated heterocycles. The number of benzene rings is 1. The first-order valence-corrected chi connectivity index (χ1v) is 6.49. The average Bonchev–Trinajstić information content (AvgIpc) is 3.02. The third-order valence-corrected chi connectivity index (χ3v) is 3.11. The molecule has 0 radical (unpaired) electrons. The van der Waals surface area contributed by atoms with Crippen LogP contribution in [0.15, 0.2) is 55.2 Å². The minimum Gasteiger partial charge on any atom is -0.322 e. The Morgan fingerprint density at radius 3 is 2.67 bits per heavy atom. The molecule has 1 N–H and O–H groups in total. The summed E-state index contributed by atoms with van der Waals surface area (Å²) in [6.45, 7) is 0. The van der Waals surface area contributed by atoms with Crippen LogP contribution in [-0.4, -0.2) is 25.7 Å². The lowest BCUT2D eigenvalue weighted by atomic mass is 10.2. The quantitative estimate of drug-likeness (QED) is 0.754. The molecule has 0 aliphatic carbocycles. The zero-order valence-corrected chi connectivity index (χ0v) is 11.5. The van der Waals surface area contributed by atoms with Crippen LogP contribution in [-0.2, 0) is 0 Å². The molecular weight excluding hydrogens is 290 g/mol. The largest absolute Gasteiger partial charge is 0.322 e. The summed E-state index contributed by atoms with van der Waals surface area (Å²) < 4.78 is 1.63. The molecule has 7 heteroatoms. The van der Waals surface area contributed by atoms with E-state index in [1.165, 1.54) is 12.5 Å². The lowest BCUT2D eigenvalue weighted by molar-refractivity contribution is 0.102. The molecule has 0 bridgehead atoms. The van der Waals surface area contributed by atoms with E-state index in [0.29, 0.717) is 11.3 Å². The molecule has 0 saturated carbocycles. The summed E-state index contributed by atoms with van der Waals surface area (Å²) in [5.74, 6) is -0.304.